The quantitative estimate of drug-likeness (QED) is 0.693. The average molecular weight is 294 g/mol. The minimum absolute atomic E-state index is 0.118. The number of carboxylic acids is 1. The van der Waals surface area contributed by atoms with Crippen LogP contribution in [0.15, 0.2) is 12.4 Å². The van der Waals surface area contributed by atoms with Gasteiger partial charge in [0.25, 0.3) is 0 Å². The molecule has 0 aliphatic heterocycles. The number of aromatic carboxylic acids is 1. The molecular weight excluding hydrogens is 276 g/mol. The van der Waals surface area contributed by atoms with Crippen LogP contribution in [0.1, 0.15) is 10.4 Å². The van der Waals surface area contributed by atoms with Crippen LogP contribution in [-0.4, -0.2) is 59.3 Å². The molecule has 0 saturated carbocycles. The third kappa shape index (κ3) is 3.47. The summed E-state index contributed by atoms with van der Waals surface area (Å²) in [6, 6.07) is 0. The van der Waals surface area contributed by atoms with Gasteiger partial charge in [-0.15, -0.1) is 0 Å². The maximum absolute atomic E-state index is 11.3. The van der Waals surface area contributed by atoms with E-state index in [4.69, 9.17) is 9.47 Å². The Morgan fingerprint density at radius 2 is 2.19 bits per heavy atom. The van der Waals surface area contributed by atoms with E-state index in [9.17, 15) is 9.90 Å². The number of pyridine rings is 1. The minimum Gasteiger partial charge on any atom is -0.478 e. The lowest BCUT2D eigenvalue weighted by atomic mass is 10.2. The van der Waals surface area contributed by atoms with E-state index in [1.807, 2.05) is 0 Å². The third-order valence-electron chi connectivity index (χ3n) is 2.97. The maximum atomic E-state index is 11.3. The van der Waals surface area contributed by atoms with Gasteiger partial charge in [-0.2, -0.15) is 5.10 Å². The number of ether oxygens (including phenoxy) is 2. The first-order chi connectivity index (χ1) is 10.1. The highest BCUT2D eigenvalue weighted by Gasteiger charge is 2.16. The Bertz CT molecular complexity index is 626. The second kappa shape index (κ2) is 7.00. The van der Waals surface area contributed by atoms with Crippen molar-refractivity contribution < 1.29 is 19.4 Å². The van der Waals surface area contributed by atoms with Crippen molar-refractivity contribution in [1.29, 1.82) is 0 Å². The van der Waals surface area contributed by atoms with Gasteiger partial charge in [-0.25, -0.2) is 9.78 Å². The van der Waals surface area contributed by atoms with Gasteiger partial charge in [-0.1, -0.05) is 0 Å². The van der Waals surface area contributed by atoms with E-state index in [0.717, 1.165) is 0 Å². The summed E-state index contributed by atoms with van der Waals surface area (Å²) in [5.41, 5.74) is 1.26. The number of nitrogens with zero attached hydrogens (tertiary/aromatic N) is 3. The van der Waals surface area contributed by atoms with Gasteiger partial charge in [0.05, 0.1) is 37.1 Å². The molecule has 0 radical (unpaired) electrons. The van der Waals surface area contributed by atoms with Crippen LogP contribution in [0.4, 0.5) is 5.69 Å². The van der Waals surface area contributed by atoms with E-state index in [1.165, 1.54) is 6.20 Å². The van der Waals surface area contributed by atoms with Gasteiger partial charge in [-0.3, -0.25) is 4.68 Å². The topological polar surface area (TPSA) is 98.5 Å². The summed E-state index contributed by atoms with van der Waals surface area (Å²) in [6.45, 7) is 1.97. The first-order valence-electron chi connectivity index (χ1n) is 6.49. The van der Waals surface area contributed by atoms with Crippen molar-refractivity contribution >= 4 is 22.7 Å². The van der Waals surface area contributed by atoms with Crippen LogP contribution < -0.4 is 5.32 Å². The number of aromatic nitrogens is 3. The molecule has 2 rings (SSSR count). The number of carbonyl (C=O) groups is 1. The number of fused-ring (bicyclic) bond motifs is 1. The molecule has 8 heteroatoms. The molecule has 0 bridgehead atoms. The van der Waals surface area contributed by atoms with Crippen LogP contribution in [0.25, 0.3) is 11.0 Å². The molecule has 2 N–H and O–H groups in total. The molecule has 0 unspecified atom stereocenters. The second-order valence-electron chi connectivity index (χ2n) is 4.39. The lowest BCUT2D eigenvalue weighted by Gasteiger charge is -2.11. The van der Waals surface area contributed by atoms with Crippen molar-refractivity contribution in [2.75, 3.05) is 38.8 Å². The standard InChI is InChI=1S/C13H18N4O4/c1-17-12-9(8-16-17)11(10(7-15-12)13(18)19)14-3-4-21-6-5-20-2/h7-8H,3-6H2,1-2H3,(H,14,15)(H,18,19). The van der Waals surface area contributed by atoms with Crippen LogP contribution in [0.5, 0.6) is 0 Å². The SMILES string of the molecule is COCCOCCNc1c(C(=O)O)cnc2c1cnn2C. The van der Waals surface area contributed by atoms with Gasteiger partial charge in [0.15, 0.2) is 5.65 Å². The van der Waals surface area contributed by atoms with Crippen molar-refractivity contribution in [1.82, 2.24) is 14.8 Å². The number of anilines is 1. The molecule has 0 amide bonds. The summed E-state index contributed by atoms with van der Waals surface area (Å²) in [6.07, 6.45) is 2.93. The normalized spacial score (nSPS) is 11.0. The lowest BCUT2D eigenvalue weighted by molar-refractivity contribution is 0.0697. The second-order valence-corrected chi connectivity index (χ2v) is 4.39. The summed E-state index contributed by atoms with van der Waals surface area (Å²) in [7, 11) is 3.37. The molecule has 0 aromatic carbocycles. The molecule has 2 aromatic rings. The van der Waals surface area contributed by atoms with Gasteiger partial charge < -0.3 is 19.9 Å². The van der Waals surface area contributed by atoms with Crippen LogP contribution in [0, 0.1) is 0 Å². The Balaban J connectivity index is 2.12. The number of hydrogen-bond acceptors (Lipinski definition) is 6. The zero-order chi connectivity index (χ0) is 15.2. The first-order valence-corrected chi connectivity index (χ1v) is 6.49. The number of hydrogen-bond donors (Lipinski definition) is 2. The van der Waals surface area contributed by atoms with Crippen LogP contribution in [0.3, 0.4) is 0 Å². The summed E-state index contributed by atoms with van der Waals surface area (Å²) in [4.78, 5) is 15.4. The van der Waals surface area contributed by atoms with Crippen molar-refractivity contribution in [3.8, 4) is 0 Å². The summed E-state index contributed by atoms with van der Waals surface area (Å²) in [5.74, 6) is -1.03. The molecule has 114 valence electrons. The molecule has 2 aromatic heterocycles. The molecule has 0 aliphatic rings. The fraction of sp³-hybridized carbons (Fsp3) is 0.462. The fourth-order valence-corrected chi connectivity index (χ4v) is 1.94. The lowest BCUT2D eigenvalue weighted by Crippen LogP contribution is -2.14. The van der Waals surface area contributed by atoms with Crippen molar-refractivity contribution in [3.63, 3.8) is 0 Å². The number of aryl methyl sites for hydroxylation is 1. The largest absolute Gasteiger partial charge is 0.478 e. The van der Waals surface area contributed by atoms with E-state index in [2.05, 4.69) is 15.4 Å². The number of carboxylic acid groups (broad SMARTS) is 1. The van der Waals surface area contributed by atoms with E-state index in [1.54, 1.807) is 25.0 Å². The van der Waals surface area contributed by atoms with Crippen LogP contribution in [0.2, 0.25) is 0 Å². The zero-order valence-corrected chi connectivity index (χ0v) is 12.0. The Kier molecular flexibility index (Phi) is 5.07. The molecule has 21 heavy (non-hydrogen) atoms. The van der Waals surface area contributed by atoms with Crippen LogP contribution >= 0.6 is 0 Å². The Labute approximate surface area is 121 Å². The highest BCUT2D eigenvalue weighted by molar-refractivity contribution is 6.03. The van der Waals surface area contributed by atoms with E-state index < -0.39 is 5.97 Å². The van der Waals surface area contributed by atoms with Gasteiger partial charge in [-0.05, 0) is 0 Å². The molecule has 0 spiro atoms. The predicted molar refractivity (Wildman–Crippen MR) is 76.7 cm³/mol. The van der Waals surface area contributed by atoms with E-state index in [0.29, 0.717) is 43.1 Å². The van der Waals surface area contributed by atoms with E-state index in [-0.39, 0.29) is 5.56 Å². The summed E-state index contributed by atoms with van der Waals surface area (Å²) in [5, 5.41) is 17.1. The van der Waals surface area contributed by atoms with Gasteiger partial charge >= 0.3 is 5.97 Å². The minimum atomic E-state index is -1.03. The van der Waals surface area contributed by atoms with Gasteiger partial charge in [0, 0.05) is 26.9 Å². The number of rotatable bonds is 8. The Hall–Kier alpha value is -2.19. The smallest absolute Gasteiger partial charge is 0.339 e. The maximum Gasteiger partial charge on any atom is 0.339 e. The summed E-state index contributed by atoms with van der Waals surface area (Å²) < 4.78 is 11.8. The van der Waals surface area contributed by atoms with E-state index >= 15 is 0 Å². The Morgan fingerprint density at radius 3 is 2.90 bits per heavy atom. The molecular formula is C13H18N4O4. The molecule has 0 atom stereocenters. The highest BCUT2D eigenvalue weighted by Crippen LogP contribution is 2.25. The summed E-state index contributed by atoms with van der Waals surface area (Å²) >= 11 is 0. The number of methoxy groups -OCH3 is 1. The van der Waals surface area contributed by atoms with Crippen LogP contribution in [-0.2, 0) is 16.5 Å². The molecule has 0 saturated heterocycles. The average Bonchev–Trinajstić information content (AvgIpc) is 2.84. The van der Waals surface area contributed by atoms with Gasteiger partial charge in [0.1, 0.15) is 5.56 Å². The van der Waals surface area contributed by atoms with Crippen molar-refractivity contribution in [2.24, 2.45) is 7.05 Å². The monoisotopic (exact) mass is 294 g/mol. The fourth-order valence-electron chi connectivity index (χ4n) is 1.94. The predicted octanol–water partition coefficient (Wildman–Crippen LogP) is 0.741. The van der Waals surface area contributed by atoms with Crippen molar-refractivity contribution in [3.05, 3.63) is 18.0 Å². The Morgan fingerprint density at radius 1 is 1.38 bits per heavy atom. The van der Waals surface area contributed by atoms with Gasteiger partial charge in [0.2, 0.25) is 0 Å². The molecule has 0 fully saturated rings. The van der Waals surface area contributed by atoms with Crippen molar-refractivity contribution in [2.45, 2.75) is 0 Å². The zero-order valence-electron chi connectivity index (χ0n) is 12.0. The number of nitrogens with one attached hydrogen (secondary N) is 1. The third-order valence-corrected chi connectivity index (χ3v) is 2.97. The first kappa shape index (κ1) is 15.2. The highest BCUT2D eigenvalue weighted by atomic mass is 16.5. The molecule has 0 aliphatic carbocycles. The molecule has 8 nitrogen and oxygen atoms in total. The molecule has 2 heterocycles.